The second kappa shape index (κ2) is 3.09. The Balaban J connectivity index is 2.41. The summed E-state index contributed by atoms with van der Waals surface area (Å²) in [5.41, 5.74) is 2.78. The van der Waals surface area contributed by atoms with E-state index in [2.05, 4.69) is 5.16 Å². The number of hydrogen-bond acceptors (Lipinski definition) is 3. The van der Waals surface area contributed by atoms with E-state index in [1.54, 1.807) is 6.92 Å². The molecule has 1 aliphatic heterocycles. The highest BCUT2D eigenvalue weighted by Gasteiger charge is 2.12. The van der Waals surface area contributed by atoms with Crippen LogP contribution in [0.5, 0.6) is 5.75 Å². The molecule has 0 amide bonds. The van der Waals surface area contributed by atoms with E-state index in [1.165, 1.54) is 5.56 Å². The Bertz CT molecular complexity index is 358. The molecule has 0 aliphatic carbocycles. The SMILES string of the molecule is C/C(=N\O)c1ccc2c(c1)CCO2. The van der Waals surface area contributed by atoms with Gasteiger partial charge in [-0.2, -0.15) is 0 Å². The van der Waals surface area contributed by atoms with E-state index in [0.717, 1.165) is 24.3 Å². The Hall–Kier alpha value is -1.51. The van der Waals surface area contributed by atoms with E-state index in [4.69, 9.17) is 9.94 Å². The van der Waals surface area contributed by atoms with Gasteiger partial charge in [0.05, 0.1) is 12.3 Å². The number of fused-ring (bicyclic) bond motifs is 1. The monoisotopic (exact) mass is 177 g/mol. The molecule has 1 aliphatic rings. The molecular weight excluding hydrogens is 166 g/mol. The van der Waals surface area contributed by atoms with Crippen LogP contribution in [0.4, 0.5) is 0 Å². The first-order valence-electron chi connectivity index (χ1n) is 4.26. The van der Waals surface area contributed by atoms with Gasteiger partial charge in [-0.05, 0) is 36.2 Å². The summed E-state index contributed by atoms with van der Waals surface area (Å²) in [5, 5.41) is 11.8. The van der Waals surface area contributed by atoms with Gasteiger partial charge < -0.3 is 9.94 Å². The molecule has 0 unspecified atom stereocenters. The number of hydrogen-bond donors (Lipinski definition) is 1. The van der Waals surface area contributed by atoms with Crippen LogP contribution in [0.2, 0.25) is 0 Å². The minimum absolute atomic E-state index is 0.634. The van der Waals surface area contributed by atoms with Crippen LogP contribution in [0.1, 0.15) is 18.1 Å². The Morgan fingerprint density at radius 2 is 2.38 bits per heavy atom. The third kappa shape index (κ3) is 1.37. The minimum Gasteiger partial charge on any atom is -0.493 e. The lowest BCUT2D eigenvalue weighted by molar-refractivity contribution is 0.319. The molecule has 3 heteroatoms. The minimum atomic E-state index is 0.634. The van der Waals surface area contributed by atoms with Crippen molar-refractivity contribution in [3.63, 3.8) is 0 Å². The first-order valence-corrected chi connectivity index (χ1v) is 4.26. The van der Waals surface area contributed by atoms with Gasteiger partial charge >= 0.3 is 0 Å². The first-order chi connectivity index (χ1) is 6.31. The van der Waals surface area contributed by atoms with Gasteiger partial charge in [-0.15, -0.1) is 0 Å². The molecule has 1 N–H and O–H groups in total. The van der Waals surface area contributed by atoms with Gasteiger partial charge in [0.1, 0.15) is 5.75 Å². The molecule has 13 heavy (non-hydrogen) atoms. The second-order valence-electron chi connectivity index (χ2n) is 3.11. The molecule has 0 saturated heterocycles. The second-order valence-corrected chi connectivity index (χ2v) is 3.11. The van der Waals surface area contributed by atoms with Gasteiger partial charge in [0.15, 0.2) is 0 Å². The predicted octanol–water partition coefficient (Wildman–Crippen LogP) is 1.82. The molecule has 1 heterocycles. The van der Waals surface area contributed by atoms with Crippen LogP contribution >= 0.6 is 0 Å². The van der Waals surface area contributed by atoms with Crippen molar-refractivity contribution >= 4 is 5.71 Å². The molecule has 0 fully saturated rings. The summed E-state index contributed by atoms with van der Waals surface area (Å²) in [5.74, 6) is 0.953. The lowest BCUT2D eigenvalue weighted by atomic mass is 10.1. The molecule has 1 aromatic rings. The van der Waals surface area contributed by atoms with Crippen molar-refractivity contribution in [1.29, 1.82) is 0 Å². The van der Waals surface area contributed by atoms with E-state index in [9.17, 15) is 0 Å². The fraction of sp³-hybridized carbons (Fsp3) is 0.300. The van der Waals surface area contributed by atoms with E-state index >= 15 is 0 Å². The summed E-state index contributed by atoms with van der Waals surface area (Å²) in [6.07, 6.45) is 0.946. The molecule has 0 aromatic heterocycles. The van der Waals surface area contributed by atoms with Crippen molar-refractivity contribution in [2.45, 2.75) is 13.3 Å². The number of oxime groups is 1. The van der Waals surface area contributed by atoms with E-state index < -0.39 is 0 Å². The summed E-state index contributed by atoms with van der Waals surface area (Å²) in [4.78, 5) is 0. The summed E-state index contributed by atoms with van der Waals surface area (Å²) < 4.78 is 5.36. The highest BCUT2D eigenvalue weighted by Crippen LogP contribution is 2.25. The standard InChI is InChI=1S/C10H11NO2/c1-7(11-12)8-2-3-10-9(6-8)4-5-13-10/h2-3,6,12H,4-5H2,1H3/b11-7+. The first kappa shape index (κ1) is 8.10. The number of rotatable bonds is 1. The fourth-order valence-corrected chi connectivity index (χ4v) is 1.47. The largest absolute Gasteiger partial charge is 0.493 e. The lowest BCUT2D eigenvalue weighted by Gasteiger charge is -2.01. The average molecular weight is 177 g/mol. The highest BCUT2D eigenvalue weighted by molar-refractivity contribution is 5.98. The Kier molecular flexibility index (Phi) is 1.93. The van der Waals surface area contributed by atoms with Gasteiger partial charge in [-0.25, -0.2) is 0 Å². The van der Waals surface area contributed by atoms with Crippen molar-refractivity contribution in [3.8, 4) is 5.75 Å². The zero-order valence-electron chi connectivity index (χ0n) is 7.45. The molecule has 0 atom stereocenters. The molecular formula is C10H11NO2. The molecule has 3 nitrogen and oxygen atoms in total. The van der Waals surface area contributed by atoms with Crippen molar-refractivity contribution in [2.24, 2.45) is 5.16 Å². The number of nitrogens with zero attached hydrogens (tertiary/aromatic N) is 1. The smallest absolute Gasteiger partial charge is 0.122 e. The Labute approximate surface area is 76.6 Å². The van der Waals surface area contributed by atoms with Crippen LogP contribution in [0.15, 0.2) is 23.4 Å². The summed E-state index contributed by atoms with van der Waals surface area (Å²) in [6.45, 7) is 2.53. The van der Waals surface area contributed by atoms with Gasteiger partial charge in [-0.1, -0.05) is 5.16 Å². The molecule has 1 aromatic carbocycles. The molecule has 0 saturated carbocycles. The van der Waals surface area contributed by atoms with Crippen molar-refractivity contribution in [2.75, 3.05) is 6.61 Å². The molecule has 68 valence electrons. The van der Waals surface area contributed by atoms with Gasteiger partial charge in [0.25, 0.3) is 0 Å². The maximum atomic E-state index is 8.59. The summed E-state index contributed by atoms with van der Waals surface area (Å²) >= 11 is 0. The summed E-state index contributed by atoms with van der Waals surface area (Å²) in [7, 11) is 0. The highest BCUT2D eigenvalue weighted by atomic mass is 16.5. The average Bonchev–Trinajstić information content (AvgIpc) is 2.63. The molecule has 0 spiro atoms. The fourth-order valence-electron chi connectivity index (χ4n) is 1.47. The molecule has 2 rings (SSSR count). The molecule has 0 bridgehead atoms. The molecule has 0 radical (unpaired) electrons. The normalized spacial score (nSPS) is 15.3. The van der Waals surface area contributed by atoms with Crippen LogP contribution in [0.25, 0.3) is 0 Å². The van der Waals surface area contributed by atoms with Gasteiger partial charge in [-0.3, -0.25) is 0 Å². The van der Waals surface area contributed by atoms with E-state index in [1.807, 2.05) is 18.2 Å². The third-order valence-corrected chi connectivity index (χ3v) is 2.26. The maximum absolute atomic E-state index is 8.59. The van der Waals surface area contributed by atoms with Gasteiger partial charge in [0.2, 0.25) is 0 Å². The number of ether oxygens (including phenoxy) is 1. The van der Waals surface area contributed by atoms with E-state index in [-0.39, 0.29) is 0 Å². The van der Waals surface area contributed by atoms with E-state index in [0.29, 0.717) is 5.71 Å². The zero-order chi connectivity index (χ0) is 9.26. The lowest BCUT2D eigenvalue weighted by Crippen LogP contribution is -1.94. The Morgan fingerprint density at radius 1 is 1.54 bits per heavy atom. The van der Waals surface area contributed by atoms with Crippen LogP contribution in [0, 0.1) is 0 Å². The van der Waals surface area contributed by atoms with Crippen molar-refractivity contribution < 1.29 is 9.94 Å². The maximum Gasteiger partial charge on any atom is 0.122 e. The third-order valence-electron chi connectivity index (χ3n) is 2.26. The quantitative estimate of drug-likeness (QED) is 0.404. The number of benzene rings is 1. The van der Waals surface area contributed by atoms with Crippen molar-refractivity contribution in [1.82, 2.24) is 0 Å². The van der Waals surface area contributed by atoms with Crippen LogP contribution < -0.4 is 4.74 Å². The van der Waals surface area contributed by atoms with Crippen LogP contribution in [0.3, 0.4) is 0 Å². The van der Waals surface area contributed by atoms with Crippen LogP contribution in [-0.4, -0.2) is 17.5 Å². The predicted molar refractivity (Wildman–Crippen MR) is 49.6 cm³/mol. The van der Waals surface area contributed by atoms with Crippen LogP contribution in [-0.2, 0) is 6.42 Å². The zero-order valence-corrected chi connectivity index (χ0v) is 7.45. The summed E-state index contributed by atoms with van der Waals surface area (Å²) in [6, 6.07) is 5.84. The topological polar surface area (TPSA) is 41.8 Å². The Morgan fingerprint density at radius 3 is 3.15 bits per heavy atom. The van der Waals surface area contributed by atoms with Crippen molar-refractivity contribution in [3.05, 3.63) is 29.3 Å². The van der Waals surface area contributed by atoms with Gasteiger partial charge in [0, 0.05) is 6.42 Å².